The van der Waals surface area contributed by atoms with Crippen LogP contribution in [0.2, 0.25) is 5.02 Å². The second-order valence-electron chi connectivity index (χ2n) is 7.48. The molecule has 2 aliphatic rings. The van der Waals surface area contributed by atoms with Gasteiger partial charge >= 0.3 is 10.1 Å². The van der Waals surface area contributed by atoms with E-state index in [0.717, 1.165) is 16.7 Å². The Kier molecular flexibility index (Phi) is 6.18. The summed E-state index contributed by atoms with van der Waals surface area (Å²) < 4.78 is 40.5. The van der Waals surface area contributed by atoms with E-state index in [1.54, 1.807) is 48.5 Å². The van der Waals surface area contributed by atoms with E-state index in [1.807, 2.05) is 0 Å². The summed E-state index contributed by atoms with van der Waals surface area (Å²) in [7, 11) is -3.96. The molecule has 35 heavy (non-hydrogen) atoms. The van der Waals surface area contributed by atoms with Crippen LogP contribution in [0.3, 0.4) is 0 Å². The van der Waals surface area contributed by atoms with Gasteiger partial charge in [-0.05, 0) is 59.3 Å². The zero-order chi connectivity index (χ0) is 24.6. The van der Waals surface area contributed by atoms with Crippen molar-refractivity contribution in [2.45, 2.75) is 11.4 Å². The molecule has 5 rings (SSSR count). The monoisotopic (exact) mass is 529 g/mol. The van der Waals surface area contributed by atoms with Crippen LogP contribution in [0.5, 0.6) is 17.2 Å². The molecule has 0 saturated carbocycles. The minimum Gasteiger partial charge on any atom is -0.454 e. The quantitative estimate of drug-likeness (QED) is 0.322. The molecule has 3 aromatic carbocycles. The molecule has 8 nitrogen and oxygen atoms in total. The third kappa shape index (κ3) is 4.86. The normalized spacial score (nSPS) is 16.3. The van der Waals surface area contributed by atoms with Gasteiger partial charge in [0, 0.05) is 11.1 Å². The van der Waals surface area contributed by atoms with Crippen molar-refractivity contribution in [1.29, 1.82) is 0 Å². The summed E-state index contributed by atoms with van der Waals surface area (Å²) in [6.07, 6.45) is 1.56. The lowest BCUT2D eigenvalue weighted by Crippen LogP contribution is -2.27. The Morgan fingerprint density at radius 2 is 1.69 bits per heavy atom. The first-order valence-corrected chi connectivity index (χ1v) is 12.8. The maximum absolute atomic E-state index is 12.9. The minimum absolute atomic E-state index is 0.0123. The molecule has 0 radical (unpaired) electrons. The predicted octanol–water partition coefficient (Wildman–Crippen LogP) is 5.07. The zero-order valence-electron chi connectivity index (χ0n) is 17.8. The molecule has 1 fully saturated rings. The summed E-state index contributed by atoms with van der Waals surface area (Å²) in [5.41, 5.74) is 1.15. The summed E-state index contributed by atoms with van der Waals surface area (Å²) in [4.78, 5) is 26.8. The molecular formula is C24H16ClNO7S2. The smallest absolute Gasteiger partial charge is 0.339 e. The molecule has 0 unspecified atom stereocenters. The number of thioether (sulfide) groups is 1. The molecule has 0 N–H and O–H groups in total. The highest BCUT2D eigenvalue weighted by atomic mass is 35.5. The summed E-state index contributed by atoms with van der Waals surface area (Å²) in [6.45, 7) is 0.0725. The minimum atomic E-state index is -3.96. The fourth-order valence-corrected chi connectivity index (χ4v) is 5.42. The zero-order valence-corrected chi connectivity index (χ0v) is 20.2. The molecule has 178 valence electrons. The number of ether oxygens (including phenoxy) is 2. The lowest BCUT2D eigenvalue weighted by Gasteiger charge is -2.14. The van der Waals surface area contributed by atoms with E-state index in [1.165, 1.54) is 24.3 Å². The highest BCUT2D eigenvalue weighted by Crippen LogP contribution is 2.39. The fraction of sp³-hybridized carbons (Fsp3) is 0.0833. The summed E-state index contributed by atoms with van der Waals surface area (Å²) in [6, 6.07) is 17.2. The van der Waals surface area contributed by atoms with Crippen molar-refractivity contribution in [2.75, 3.05) is 6.79 Å². The topological polar surface area (TPSA) is 99.2 Å². The molecule has 0 atom stereocenters. The molecule has 11 heteroatoms. The fourth-order valence-electron chi connectivity index (χ4n) is 3.42. The Balaban J connectivity index is 1.30. The Hall–Kier alpha value is -3.47. The van der Waals surface area contributed by atoms with Gasteiger partial charge in [0.1, 0.15) is 10.6 Å². The number of amides is 2. The number of hydrogen-bond acceptors (Lipinski definition) is 8. The number of carbonyl (C=O) groups excluding carboxylic acids is 2. The number of halogens is 1. The Bertz CT molecular complexity index is 1460. The van der Waals surface area contributed by atoms with Crippen LogP contribution >= 0.6 is 23.4 Å². The average Bonchev–Trinajstić information content (AvgIpc) is 3.40. The van der Waals surface area contributed by atoms with Gasteiger partial charge in [0.25, 0.3) is 11.1 Å². The van der Waals surface area contributed by atoms with Crippen molar-refractivity contribution in [3.63, 3.8) is 0 Å². The summed E-state index contributed by atoms with van der Waals surface area (Å²) in [5.74, 6) is 0.678. The molecule has 2 amide bonds. The standard InChI is InChI=1S/C24H16ClNO7S2/c25-19-12-21-20(31-14-32-21)11-16(19)13-26-23(27)22(34-24(26)28)10-15-6-8-17(9-7-15)33-35(29,30)18-4-2-1-3-5-18/h1-12H,13-14H2/b22-10-. The van der Waals surface area contributed by atoms with Gasteiger partial charge in [-0.3, -0.25) is 14.5 Å². The molecular weight excluding hydrogens is 514 g/mol. The van der Waals surface area contributed by atoms with Gasteiger partial charge in [0.15, 0.2) is 11.5 Å². The molecule has 0 spiro atoms. The number of nitrogens with zero attached hydrogens (tertiary/aromatic N) is 1. The van der Waals surface area contributed by atoms with E-state index in [2.05, 4.69) is 0 Å². The largest absolute Gasteiger partial charge is 0.454 e. The van der Waals surface area contributed by atoms with Gasteiger partial charge < -0.3 is 13.7 Å². The van der Waals surface area contributed by atoms with Crippen molar-refractivity contribution in [1.82, 2.24) is 4.90 Å². The maximum Gasteiger partial charge on any atom is 0.339 e. The average molecular weight is 530 g/mol. The van der Waals surface area contributed by atoms with Crippen LogP contribution in [0.15, 0.2) is 76.5 Å². The van der Waals surface area contributed by atoms with Crippen LogP contribution in [0.4, 0.5) is 4.79 Å². The van der Waals surface area contributed by atoms with Crippen molar-refractivity contribution < 1.29 is 31.7 Å². The van der Waals surface area contributed by atoms with Gasteiger partial charge in [0.2, 0.25) is 6.79 Å². The van der Waals surface area contributed by atoms with Gasteiger partial charge in [-0.2, -0.15) is 8.42 Å². The van der Waals surface area contributed by atoms with Crippen LogP contribution < -0.4 is 13.7 Å². The van der Waals surface area contributed by atoms with E-state index >= 15 is 0 Å². The first-order valence-electron chi connectivity index (χ1n) is 10.2. The number of carbonyl (C=O) groups is 2. The Labute approximate surface area is 210 Å². The summed E-state index contributed by atoms with van der Waals surface area (Å²) in [5, 5.41) is -0.0674. The molecule has 2 heterocycles. The van der Waals surface area contributed by atoms with Gasteiger partial charge in [-0.25, -0.2) is 0 Å². The number of benzene rings is 3. The van der Waals surface area contributed by atoms with Crippen LogP contribution in [0.1, 0.15) is 11.1 Å². The molecule has 3 aromatic rings. The van der Waals surface area contributed by atoms with Crippen LogP contribution in [0, 0.1) is 0 Å². The van der Waals surface area contributed by atoms with Crippen molar-refractivity contribution in [2.24, 2.45) is 0 Å². The SMILES string of the molecule is O=C1S/C(=C\c2ccc(OS(=O)(=O)c3ccccc3)cc2)C(=O)N1Cc1cc2c(cc1Cl)OCO2. The van der Waals surface area contributed by atoms with E-state index in [0.29, 0.717) is 27.6 Å². The second-order valence-corrected chi connectivity index (χ2v) is 10.4. The highest BCUT2D eigenvalue weighted by molar-refractivity contribution is 8.18. The van der Waals surface area contributed by atoms with E-state index < -0.39 is 21.3 Å². The number of imide groups is 1. The lowest BCUT2D eigenvalue weighted by molar-refractivity contribution is -0.123. The molecule has 0 bridgehead atoms. The number of rotatable bonds is 6. The first-order chi connectivity index (χ1) is 16.8. The number of fused-ring (bicyclic) bond motifs is 1. The van der Waals surface area contributed by atoms with Crippen LogP contribution in [0.25, 0.3) is 6.08 Å². The molecule has 1 saturated heterocycles. The third-order valence-corrected chi connectivity index (χ3v) is 7.68. The third-order valence-electron chi connectivity index (χ3n) is 5.16. The van der Waals surface area contributed by atoms with Crippen molar-refractivity contribution in [3.05, 3.63) is 87.8 Å². The second kappa shape index (κ2) is 9.29. The van der Waals surface area contributed by atoms with Crippen molar-refractivity contribution >= 4 is 50.7 Å². The lowest BCUT2D eigenvalue weighted by atomic mass is 10.1. The summed E-state index contributed by atoms with van der Waals surface area (Å²) >= 11 is 7.10. The highest BCUT2D eigenvalue weighted by Gasteiger charge is 2.35. The van der Waals surface area contributed by atoms with E-state index in [9.17, 15) is 18.0 Å². The predicted molar refractivity (Wildman–Crippen MR) is 130 cm³/mol. The van der Waals surface area contributed by atoms with E-state index in [4.69, 9.17) is 25.3 Å². The Morgan fingerprint density at radius 3 is 2.40 bits per heavy atom. The molecule has 2 aliphatic heterocycles. The molecule has 0 aliphatic carbocycles. The van der Waals surface area contributed by atoms with E-state index in [-0.39, 0.29) is 28.9 Å². The van der Waals surface area contributed by atoms with Gasteiger partial charge in [0.05, 0.1) is 11.4 Å². The van der Waals surface area contributed by atoms with Crippen molar-refractivity contribution in [3.8, 4) is 17.2 Å². The van der Waals surface area contributed by atoms with Gasteiger partial charge in [-0.1, -0.05) is 41.9 Å². The van der Waals surface area contributed by atoms with Gasteiger partial charge in [-0.15, -0.1) is 0 Å². The van der Waals surface area contributed by atoms with Crippen LogP contribution in [-0.2, 0) is 21.5 Å². The molecule has 0 aromatic heterocycles. The first kappa shape index (κ1) is 23.3. The van der Waals surface area contributed by atoms with Crippen LogP contribution in [-0.4, -0.2) is 31.3 Å². The maximum atomic E-state index is 12.9. The number of hydrogen-bond donors (Lipinski definition) is 0. The Morgan fingerprint density at radius 1 is 1.00 bits per heavy atom.